The molecule has 2 aromatic carbocycles. The van der Waals surface area contributed by atoms with Gasteiger partial charge in [0.2, 0.25) is 11.8 Å². The van der Waals surface area contributed by atoms with E-state index in [2.05, 4.69) is 10.6 Å². The second-order valence-corrected chi connectivity index (χ2v) is 5.31. The Hall–Kier alpha value is -2.76. The lowest BCUT2D eigenvalue weighted by molar-refractivity contribution is -0.122. The quantitative estimate of drug-likeness (QED) is 0.762. The third-order valence-electron chi connectivity index (χ3n) is 3.28. The van der Waals surface area contributed by atoms with Crippen LogP contribution in [0.3, 0.4) is 0 Å². The van der Waals surface area contributed by atoms with Gasteiger partial charge in [-0.3, -0.25) is 9.59 Å². The number of rotatable bonds is 7. The predicted octanol–water partition coefficient (Wildman–Crippen LogP) is 1.98. The summed E-state index contributed by atoms with van der Waals surface area (Å²) < 4.78 is 26.0. The number of nitrogens with one attached hydrogen (secondary N) is 2. The minimum absolute atomic E-state index is 0.0784. The fraction of sp³-hybridized carbons (Fsp3) is 0.222. The van der Waals surface area contributed by atoms with Crippen molar-refractivity contribution in [2.75, 3.05) is 13.1 Å². The molecule has 2 rings (SSSR count). The largest absolute Gasteiger partial charge is 0.354 e. The summed E-state index contributed by atoms with van der Waals surface area (Å²) >= 11 is 0. The number of benzene rings is 2. The van der Waals surface area contributed by atoms with Gasteiger partial charge >= 0.3 is 0 Å². The van der Waals surface area contributed by atoms with Gasteiger partial charge in [-0.2, -0.15) is 0 Å². The van der Waals surface area contributed by atoms with Gasteiger partial charge in [-0.15, -0.1) is 0 Å². The van der Waals surface area contributed by atoms with Crippen LogP contribution >= 0.6 is 0 Å². The normalized spacial score (nSPS) is 10.2. The Bertz CT molecular complexity index is 658. The third kappa shape index (κ3) is 6.16. The van der Waals surface area contributed by atoms with Crippen LogP contribution in [0, 0.1) is 11.6 Å². The summed E-state index contributed by atoms with van der Waals surface area (Å²) in [6.45, 7) is 0.534. The van der Waals surface area contributed by atoms with Gasteiger partial charge in [0.05, 0.1) is 12.8 Å². The van der Waals surface area contributed by atoms with Gasteiger partial charge in [0.25, 0.3) is 0 Å². The second-order valence-electron chi connectivity index (χ2n) is 5.31. The summed E-state index contributed by atoms with van der Waals surface area (Å²) in [5.74, 6) is -1.27. The molecule has 0 spiro atoms. The summed E-state index contributed by atoms with van der Waals surface area (Å²) in [4.78, 5) is 23.4. The predicted molar refractivity (Wildman–Crippen MR) is 86.2 cm³/mol. The van der Waals surface area contributed by atoms with Gasteiger partial charge in [-0.05, 0) is 35.4 Å². The zero-order valence-corrected chi connectivity index (χ0v) is 13.0. The van der Waals surface area contributed by atoms with Crippen LogP contribution < -0.4 is 10.6 Å². The van der Waals surface area contributed by atoms with Gasteiger partial charge in [-0.1, -0.05) is 24.3 Å². The molecular weight excluding hydrogens is 314 g/mol. The van der Waals surface area contributed by atoms with Gasteiger partial charge < -0.3 is 10.6 Å². The van der Waals surface area contributed by atoms with Gasteiger partial charge in [0, 0.05) is 13.1 Å². The summed E-state index contributed by atoms with van der Waals surface area (Å²) in [5.41, 5.74) is 1.17. The molecule has 0 radical (unpaired) electrons. The van der Waals surface area contributed by atoms with E-state index < -0.39 is 0 Å². The highest BCUT2D eigenvalue weighted by atomic mass is 19.1. The molecule has 4 nitrogen and oxygen atoms in total. The van der Waals surface area contributed by atoms with Crippen LogP contribution in [-0.2, 0) is 22.4 Å². The lowest BCUT2D eigenvalue weighted by atomic mass is 10.1. The molecule has 0 aliphatic heterocycles. The van der Waals surface area contributed by atoms with Gasteiger partial charge in [0.1, 0.15) is 11.6 Å². The van der Waals surface area contributed by atoms with Crippen molar-refractivity contribution in [1.29, 1.82) is 0 Å². The lowest BCUT2D eigenvalue weighted by Gasteiger charge is -2.07. The van der Waals surface area contributed by atoms with E-state index in [1.54, 1.807) is 24.3 Å². The number of halogens is 2. The third-order valence-corrected chi connectivity index (χ3v) is 3.28. The molecule has 2 aromatic rings. The molecule has 0 aromatic heterocycles. The standard InChI is InChI=1S/C18H18F2N2O2/c19-15-5-1-3-13(9-15)11-17(23)21-7-8-22-18(24)12-14-4-2-6-16(20)10-14/h1-6,9-10H,7-8,11-12H2,(H,21,23)(H,22,24). The van der Waals surface area contributed by atoms with Crippen molar-refractivity contribution in [3.63, 3.8) is 0 Å². The first-order valence-corrected chi connectivity index (χ1v) is 7.55. The summed E-state index contributed by atoms with van der Waals surface area (Å²) in [7, 11) is 0. The maximum Gasteiger partial charge on any atom is 0.224 e. The molecule has 2 amide bonds. The molecule has 0 heterocycles. The average molecular weight is 332 g/mol. The first-order valence-electron chi connectivity index (χ1n) is 7.55. The van der Waals surface area contributed by atoms with E-state index in [1.165, 1.54) is 24.3 Å². The molecular formula is C18H18F2N2O2. The maximum absolute atomic E-state index is 13.0. The molecule has 0 unspecified atom stereocenters. The molecule has 0 atom stereocenters. The van der Waals surface area contributed by atoms with Crippen LogP contribution in [0.25, 0.3) is 0 Å². The number of carbonyl (C=O) groups is 2. The van der Waals surface area contributed by atoms with Crippen molar-refractivity contribution in [1.82, 2.24) is 10.6 Å². The van der Waals surface area contributed by atoms with E-state index in [0.29, 0.717) is 11.1 Å². The Morgan fingerprint density at radius 2 is 1.17 bits per heavy atom. The van der Waals surface area contributed by atoms with Crippen LogP contribution in [0.15, 0.2) is 48.5 Å². The highest BCUT2D eigenvalue weighted by Gasteiger charge is 2.06. The molecule has 0 aliphatic carbocycles. The Labute approximate surface area is 138 Å². The Balaban J connectivity index is 1.65. The molecule has 24 heavy (non-hydrogen) atoms. The van der Waals surface area contributed by atoms with E-state index in [9.17, 15) is 18.4 Å². The van der Waals surface area contributed by atoms with E-state index in [4.69, 9.17) is 0 Å². The van der Waals surface area contributed by atoms with Gasteiger partial charge in [-0.25, -0.2) is 8.78 Å². The zero-order chi connectivity index (χ0) is 17.4. The zero-order valence-electron chi connectivity index (χ0n) is 13.0. The first kappa shape index (κ1) is 17.6. The fourth-order valence-electron chi connectivity index (χ4n) is 2.19. The minimum Gasteiger partial charge on any atom is -0.354 e. The molecule has 0 saturated heterocycles. The molecule has 0 bridgehead atoms. The lowest BCUT2D eigenvalue weighted by Crippen LogP contribution is -2.35. The van der Waals surface area contributed by atoms with Crippen molar-refractivity contribution in [2.24, 2.45) is 0 Å². The Kier molecular flexibility index (Phi) is 6.42. The molecule has 2 N–H and O–H groups in total. The number of amides is 2. The van der Waals surface area contributed by atoms with Crippen molar-refractivity contribution in [3.05, 3.63) is 71.3 Å². The molecule has 0 aliphatic rings. The minimum atomic E-state index is -0.384. The highest BCUT2D eigenvalue weighted by Crippen LogP contribution is 2.04. The topological polar surface area (TPSA) is 58.2 Å². The molecule has 126 valence electrons. The van der Waals surface area contributed by atoms with Crippen molar-refractivity contribution >= 4 is 11.8 Å². The molecule has 6 heteroatoms. The highest BCUT2D eigenvalue weighted by molar-refractivity contribution is 5.79. The average Bonchev–Trinajstić information content (AvgIpc) is 2.51. The fourth-order valence-corrected chi connectivity index (χ4v) is 2.19. The monoisotopic (exact) mass is 332 g/mol. The number of hydrogen-bond donors (Lipinski definition) is 2. The van der Waals surface area contributed by atoms with Crippen molar-refractivity contribution in [3.8, 4) is 0 Å². The van der Waals surface area contributed by atoms with E-state index in [0.717, 1.165) is 0 Å². The van der Waals surface area contributed by atoms with Crippen LogP contribution in [0.1, 0.15) is 11.1 Å². The first-order chi connectivity index (χ1) is 11.5. The summed E-state index contributed by atoms with van der Waals surface area (Å²) in [6.07, 6.45) is 0.157. The number of carbonyl (C=O) groups excluding carboxylic acids is 2. The smallest absolute Gasteiger partial charge is 0.224 e. The Morgan fingerprint density at radius 1 is 0.750 bits per heavy atom. The summed E-state index contributed by atoms with van der Waals surface area (Å²) in [6, 6.07) is 11.7. The Morgan fingerprint density at radius 3 is 1.54 bits per heavy atom. The van der Waals surface area contributed by atoms with Crippen molar-refractivity contribution in [2.45, 2.75) is 12.8 Å². The van der Waals surface area contributed by atoms with Gasteiger partial charge in [0.15, 0.2) is 0 Å². The van der Waals surface area contributed by atoms with Crippen molar-refractivity contribution < 1.29 is 18.4 Å². The number of hydrogen-bond acceptors (Lipinski definition) is 2. The van der Waals surface area contributed by atoms with Crippen LogP contribution in [0.4, 0.5) is 8.78 Å². The van der Waals surface area contributed by atoms with Crippen LogP contribution in [0.5, 0.6) is 0 Å². The van der Waals surface area contributed by atoms with E-state index >= 15 is 0 Å². The van der Waals surface area contributed by atoms with Crippen LogP contribution in [-0.4, -0.2) is 24.9 Å². The van der Waals surface area contributed by atoms with E-state index in [-0.39, 0.29) is 49.4 Å². The van der Waals surface area contributed by atoms with E-state index in [1.807, 2.05) is 0 Å². The SMILES string of the molecule is O=C(Cc1cccc(F)c1)NCCNC(=O)Cc1cccc(F)c1. The molecule has 0 fully saturated rings. The molecule has 0 saturated carbocycles. The summed E-state index contributed by atoms with van der Waals surface area (Å²) in [5, 5.41) is 5.29. The second kappa shape index (κ2) is 8.76. The van der Waals surface area contributed by atoms with Crippen LogP contribution in [0.2, 0.25) is 0 Å². The maximum atomic E-state index is 13.0.